The fourth-order valence-electron chi connectivity index (χ4n) is 3.08. The number of nitrogen functional groups attached to an aromatic ring is 1. The lowest BCUT2D eigenvalue weighted by Crippen LogP contribution is -2.16. The van der Waals surface area contributed by atoms with Crippen molar-refractivity contribution in [2.45, 2.75) is 12.8 Å². The van der Waals surface area contributed by atoms with E-state index in [1.54, 1.807) is 6.07 Å². The Balaban J connectivity index is 2.05. The predicted molar refractivity (Wildman–Crippen MR) is 109 cm³/mol. The third-order valence-electron chi connectivity index (χ3n) is 4.57. The minimum atomic E-state index is -4.49. The van der Waals surface area contributed by atoms with Gasteiger partial charge in [-0.1, -0.05) is 18.2 Å². The molecule has 1 heterocycles. The van der Waals surface area contributed by atoms with Crippen LogP contribution in [0.25, 0.3) is 11.1 Å². The maximum absolute atomic E-state index is 12.9. The van der Waals surface area contributed by atoms with E-state index in [9.17, 15) is 28.5 Å². The summed E-state index contributed by atoms with van der Waals surface area (Å²) < 4.78 is 49.8. The molecule has 3 aromatic rings. The van der Waals surface area contributed by atoms with Crippen LogP contribution in [0.3, 0.4) is 0 Å². The fraction of sp³-hybridized carbons (Fsp3) is 0.136. The Morgan fingerprint density at radius 1 is 1.06 bits per heavy atom. The van der Waals surface area contributed by atoms with Crippen molar-refractivity contribution in [3.63, 3.8) is 0 Å². The topological polar surface area (TPSA) is 125 Å². The third-order valence-corrected chi connectivity index (χ3v) is 4.57. The van der Waals surface area contributed by atoms with Gasteiger partial charge in [-0.15, -0.1) is 0 Å². The van der Waals surface area contributed by atoms with Gasteiger partial charge >= 0.3 is 6.18 Å². The first-order chi connectivity index (χ1) is 15.2. The second-order valence-corrected chi connectivity index (χ2v) is 6.57. The Kier molecular flexibility index (Phi) is 6.08. The van der Waals surface area contributed by atoms with Gasteiger partial charge in [-0.25, -0.2) is 0 Å². The number of nitrogens with one attached hydrogen (secondary N) is 1. The Morgan fingerprint density at radius 3 is 2.41 bits per heavy atom. The van der Waals surface area contributed by atoms with Crippen LogP contribution in [0.4, 0.5) is 19.0 Å². The van der Waals surface area contributed by atoms with Crippen molar-refractivity contribution in [3.05, 3.63) is 75.1 Å². The van der Waals surface area contributed by atoms with Gasteiger partial charge in [0.1, 0.15) is 35.7 Å². The number of aromatic nitrogens is 1. The Bertz CT molecular complexity index is 1320. The lowest BCUT2D eigenvalue weighted by atomic mass is 9.96. The maximum Gasteiger partial charge on any atom is 0.416 e. The number of aromatic amines is 1. The number of hydrogen-bond acceptors (Lipinski definition) is 6. The summed E-state index contributed by atoms with van der Waals surface area (Å²) in [6.45, 7) is -0.211. The highest BCUT2D eigenvalue weighted by molar-refractivity contribution is 5.81. The molecule has 0 saturated heterocycles. The van der Waals surface area contributed by atoms with Crippen LogP contribution in [0.1, 0.15) is 22.3 Å². The van der Waals surface area contributed by atoms with Crippen LogP contribution in [0.5, 0.6) is 11.5 Å². The first-order valence-corrected chi connectivity index (χ1v) is 9.03. The fourth-order valence-corrected chi connectivity index (χ4v) is 3.08. The minimum absolute atomic E-state index is 0.0165. The first-order valence-electron chi connectivity index (χ1n) is 9.03. The number of alkyl halides is 3. The molecule has 3 rings (SSSR count). The van der Waals surface area contributed by atoms with Crippen LogP contribution in [0, 0.1) is 22.7 Å². The lowest BCUT2D eigenvalue weighted by Gasteiger charge is -2.15. The molecule has 10 heteroatoms. The number of nitrogens with zero attached hydrogens (tertiary/aromatic N) is 2. The number of hydrogen-bond donors (Lipinski definition) is 2. The number of rotatable bonds is 5. The van der Waals surface area contributed by atoms with Crippen LogP contribution in [-0.4, -0.2) is 12.1 Å². The van der Waals surface area contributed by atoms with E-state index in [0.717, 1.165) is 12.1 Å². The van der Waals surface area contributed by atoms with Gasteiger partial charge in [0.2, 0.25) is 0 Å². The van der Waals surface area contributed by atoms with Gasteiger partial charge in [-0.2, -0.15) is 23.7 Å². The number of H-pyrrole nitrogens is 1. The van der Waals surface area contributed by atoms with E-state index in [-0.39, 0.29) is 51.7 Å². The van der Waals surface area contributed by atoms with Gasteiger partial charge in [0.15, 0.2) is 11.5 Å². The summed E-state index contributed by atoms with van der Waals surface area (Å²) in [5.41, 5.74) is 4.30. The molecule has 1 aromatic heterocycles. The molecule has 0 atom stereocenters. The number of methoxy groups -OCH3 is 1. The SMILES string of the molecule is COc1ccc(-c2c(C#N)c(N)[nH]c(=O)c2C#N)cc1OCc1cccc(C(F)(F)F)c1. The number of halogens is 3. The zero-order valence-corrected chi connectivity index (χ0v) is 16.6. The molecule has 0 radical (unpaired) electrons. The maximum atomic E-state index is 12.9. The van der Waals surface area contributed by atoms with Crippen molar-refractivity contribution >= 4 is 5.82 Å². The molecule has 0 amide bonds. The average Bonchev–Trinajstić information content (AvgIpc) is 2.76. The first kappa shape index (κ1) is 22.2. The molecule has 2 aromatic carbocycles. The van der Waals surface area contributed by atoms with Crippen LogP contribution in [0.2, 0.25) is 0 Å². The van der Waals surface area contributed by atoms with E-state index in [0.29, 0.717) is 0 Å². The molecule has 162 valence electrons. The van der Waals surface area contributed by atoms with Gasteiger partial charge in [-0.3, -0.25) is 4.79 Å². The number of benzene rings is 2. The molecular weight excluding hydrogens is 425 g/mol. The van der Waals surface area contributed by atoms with E-state index in [2.05, 4.69) is 4.98 Å². The van der Waals surface area contributed by atoms with Crippen molar-refractivity contribution in [1.29, 1.82) is 10.5 Å². The second-order valence-electron chi connectivity index (χ2n) is 6.57. The summed E-state index contributed by atoms with van der Waals surface area (Å²) in [4.78, 5) is 14.4. The summed E-state index contributed by atoms with van der Waals surface area (Å²) in [7, 11) is 1.37. The zero-order chi connectivity index (χ0) is 23.5. The average molecular weight is 440 g/mol. The minimum Gasteiger partial charge on any atom is -0.493 e. The van der Waals surface area contributed by atoms with Crippen molar-refractivity contribution in [3.8, 4) is 34.8 Å². The number of anilines is 1. The Morgan fingerprint density at radius 2 is 1.78 bits per heavy atom. The van der Waals surface area contributed by atoms with Gasteiger partial charge in [0.25, 0.3) is 5.56 Å². The van der Waals surface area contributed by atoms with E-state index < -0.39 is 17.3 Å². The molecule has 0 fully saturated rings. The van der Waals surface area contributed by atoms with E-state index in [1.807, 2.05) is 6.07 Å². The van der Waals surface area contributed by atoms with Gasteiger partial charge in [0, 0.05) is 5.56 Å². The molecular formula is C22H15F3N4O3. The van der Waals surface area contributed by atoms with Crippen molar-refractivity contribution in [2.75, 3.05) is 12.8 Å². The molecule has 0 saturated carbocycles. The van der Waals surface area contributed by atoms with Gasteiger partial charge in [-0.05, 0) is 35.4 Å². The molecule has 0 aliphatic heterocycles. The molecule has 0 spiro atoms. The van der Waals surface area contributed by atoms with Crippen molar-refractivity contribution < 1.29 is 22.6 Å². The Labute approximate surface area is 180 Å². The summed E-state index contributed by atoms with van der Waals surface area (Å²) in [5, 5.41) is 18.9. The highest BCUT2D eigenvalue weighted by atomic mass is 19.4. The smallest absolute Gasteiger partial charge is 0.416 e. The van der Waals surface area contributed by atoms with Gasteiger partial charge < -0.3 is 20.2 Å². The second kappa shape index (κ2) is 8.74. The van der Waals surface area contributed by atoms with E-state index >= 15 is 0 Å². The molecule has 7 nitrogen and oxygen atoms in total. The van der Waals surface area contributed by atoms with Crippen LogP contribution >= 0.6 is 0 Å². The van der Waals surface area contributed by atoms with Crippen LogP contribution < -0.4 is 20.8 Å². The predicted octanol–water partition coefficient (Wildman–Crippen LogP) is 3.97. The molecule has 0 unspecified atom stereocenters. The summed E-state index contributed by atoms with van der Waals surface area (Å²) in [5.74, 6) is 0.193. The molecule has 0 aliphatic rings. The van der Waals surface area contributed by atoms with Crippen LogP contribution in [0.15, 0.2) is 47.3 Å². The monoisotopic (exact) mass is 440 g/mol. The highest BCUT2D eigenvalue weighted by Crippen LogP contribution is 2.36. The molecule has 0 bridgehead atoms. The van der Waals surface area contributed by atoms with Gasteiger partial charge in [0.05, 0.1) is 12.7 Å². The number of ether oxygens (including phenoxy) is 2. The van der Waals surface area contributed by atoms with E-state index in [1.165, 1.54) is 37.4 Å². The Hall–Kier alpha value is -4.44. The number of nitrogens with two attached hydrogens (primary N) is 1. The van der Waals surface area contributed by atoms with E-state index in [4.69, 9.17) is 15.2 Å². The summed E-state index contributed by atoms with van der Waals surface area (Å²) in [6.07, 6.45) is -4.49. The normalized spacial score (nSPS) is 10.8. The van der Waals surface area contributed by atoms with Crippen molar-refractivity contribution in [2.24, 2.45) is 0 Å². The standard InChI is InChI=1S/C22H15F3N4O3/c1-31-17-6-5-13(19-15(9-26)20(28)29-21(30)16(19)10-27)8-18(17)32-11-12-3-2-4-14(7-12)22(23,24)25/h2-8H,11H2,1H3,(H3,28,29,30). The summed E-state index contributed by atoms with van der Waals surface area (Å²) in [6, 6.07) is 12.7. The highest BCUT2D eigenvalue weighted by Gasteiger charge is 2.30. The summed E-state index contributed by atoms with van der Waals surface area (Å²) >= 11 is 0. The molecule has 3 N–H and O–H groups in total. The largest absolute Gasteiger partial charge is 0.493 e. The number of nitriles is 2. The third kappa shape index (κ3) is 4.35. The number of pyridine rings is 1. The van der Waals surface area contributed by atoms with Crippen molar-refractivity contribution in [1.82, 2.24) is 4.98 Å². The molecule has 0 aliphatic carbocycles. The molecule has 32 heavy (non-hydrogen) atoms. The van der Waals surface area contributed by atoms with Crippen LogP contribution in [-0.2, 0) is 12.8 Å². The quantitative estimate of drug-likeness (QED) is 0.618. The lowest BCUT2D eigenvalue weighted by molar-refractivity contribution is -0.137. The zero-order valence-electron chi connectivity index (χ0n) is 16.6.